The van der Waals surface area contributed by atoms with Crippen LogP contribution >= 0.6 is 23.2 Å². The van der Waals surface area contributed by atoms with Crippen molar-refractivity contribution in [3.8, 4) is 22.6 Å². The largest absolute Gasteiger partial charge is 0.480 e. The summed E-state index contributed by atoms with van der Waals surface area (Å²) in [4.78, 5) is 97.3. The van der Waals surface area contributed by atoms with Crippen molar-refractivity contribution in [2.75, 3.05) is 44.6 Å². The molecule has 5 aromatic rings. The van der Waals surface area contributed by atoms with Gasteiger partial charge in [-0.15, -0.1) is 0 Å². The summed E-state index contributed by atoms with van der Waals surface area (Å²) in [5, 5.41) is 61.3. The van der Waals surface area contributed by atoms with Crippen LogP contribution in [-0.4, -0.2) is 145 Å². The quantitative estimate of drug-likeness (QED) is 0.0294. The summed E-state index contributed by atoms with van der Waals surface area (Å²) in [6.07, 6.45) is 2.79. The molecule has 5 aromatic heterocycles. The van der Waals surface area contributed by atoms with Crippen molar-refractivity contribution in [3.05, 3.63) is 91.4 Å². The predicted molar refractivity (Wildman–Crippen MR) is 249 cm³/mol. The molecule has 0 radical (unpaired) electrons. The Kier molecular flexibility index (Phi) is 18.9. The van der Waals surface area contributed by atoms with Gasteiger partial charge in [0.2, 0.25) is 16.5 Å². The number of unbranched alkanes of at least 4 members (excludes halogenated alkanes) is 3. The first kappa shape index (κ1) is 53.9. The van der Waals surface area contributed by atoms with Gasteiger partial charge >= 0.3 is 35.8 Å². The van der Waals surface area contributed by atoms with E-state index in [0.29, 0.717) is 59.6 Å². The smallest absolute Gasteiger partial charge is 0.339 e. The molecule has 0 bridgehead atoms. The minimum absolute atomic E-state index is 0.0458. The van der Waals surface area contributed by atoms with Crippen LogP contribution < -0.4 is 5.32 Å². The maximum Gasteiger partial charge on any atom is 0.339 e. The van der Waals surface area contributed by atoms with Crippen LogP contribution in [0, 0.1) is 27.7 Å². The first-order valence-corrected chi connectivity index (χ1v) is 22.3. The fourth-order valence-corrected chi connectivity index (χ4v) is 8.39. The Hall–Kier alpha value is -7.05. The Morgan fingerprint density at radius 3 is 1.21 bits per heavy atom. The van der Waals surface area contributed by atoms with Crippen molar-refractivity contribution in [2.24, 2.45) is 0 Å². The molecule has 0 saturated heterocycles. The Balaban J connectivity index is 1.56. The van der Waals surface area contributed by atoms with Crippen LogP contribution in [0.3, 0.4) is 0 Å². The second kappa shape index (κ2) is 24.5. The molecule has 70 heavy (non-hydrogen) atoms. The predicted octanol–water partition coefficient (Wildman–Crippen LogP) is 5.74. The normalized spacial score (nSPS) is 11.4. The molecule has 0 aliphatic heterocycles. The maximum absolute atomic E-state index is 12.2. The van der Waals surface area contributed by atoms with Gasteiger partial charge in [0.25, 0.3) is 0 Å². The highest BCUT2D eigenvalue weighted by Crippen LogP contribution is 2.34. The molecule has 5 rings (SSSR count). The van der Waals surface area contributed by atoms with Gasteiger partial charge in [0.1, 0.15) is 34.2 Å². The number of carboxylic acid groups (broad SMARTS) is 6. The molecule has 0 fully saturated rings. The molecule has 0 saturated carbocycles. The number of aromatic nitrogens is 5. The summed E-state index contributed by atoms with van der Waals surface area (Å²) in [7, 11) is 0. The average molecular weight is 1010 g/mol. The lowest BCUT2D eigenvalue weighted by Crippen LogP contribution is -2.34. The lowest BCUT2D eigenvalue weighted by atomic mass is 10.0. The van der Waals surface area contributed by atoms with Gasteiger partial charge < -0.3 is 44.8 Å². The van der Waals surface area contributed by atoms with Crippen LogP contribution in [0.2, 0.25) is 10.6 Å². The number of carbonyl (C=O) groups is 6. The summed E-state index contributed by atoms with van der Waals surface area (Å²) in [6, 6.07) is 6.52. The first-order chi connectivity index (χ1) is 33.1. The first-order valence-electron chi connectivity index (χ1n) is 21.6. The molecule has 23 nitrogen and oxygen atoms in total. The zero-order valence-electron chi connectivity index (χ0n) is 38.5. The molecule has 374 valence electrons. The van der Waals surface area contributed by atoms with Crippen LogP contribution in [-0.2, 0) is 45.4 Å². The molecule has 25 heteroatoms. The minimum Gasteiger partial charge on any atom is -0.480 e. The molecule has 0 unspecified atom stereocenters. The molecule has 5 heterocycles. The van der Waals surface area contributed by atoms with E-state index in [-0.39, 0.29) is 88.3 Å². The number of hydrogen-bond donors (Lipinski definition) is 7. The minimum atomic E-state index is -1.27. The van der Waals surface area contributed by atoms with Gasteiger partial charge in [-0.25, -0.2) is 9.59 Å². The third-order valence-corrected chi connectivity index (χ3v) is 11.0. The van der Waals surface area contributed by atoms with E-state index in [0.717, 1.165) is 12.8 Å². The summed E-state index contributed by atoms with van der Waals surface area (Å²) < 4.78 is 12.0. The number of hydrogen-bond acceptors (Lipinski definition) is 17. The number of furan rings is 2. The highest BCUT2D eigenvalue weighted by Gasteiger charge is 2.26. The van der Waals surface area contributed by atoms with E-state index < -0.39 is 62.0 Å². The van der Waals surface area contributed by atoms with Crippen molar-refractivity contribution < 1.29 is 68.2 Å². The average Bonchev–Trinajstić information content (AvgIpc) is 3.71. The van der Waals surface area contributed by atoms with E-state index in [1.54, 1.807) is 38.1 Å². The number of nitrogens with zero attached hydrogens (tertiary/aromatic N) is 8. The van der Waals surface area contributed by atoms with Crippen molar-refractivity contribution in [1.29, 1.82) is 0 Å². The molecule has 0 spiro atoms. The summed E-state index contributed by atoms with van der Waals surface area (Å²) in [5.74, 6) is -6.59. The van der Waals surface area contributed by atoms with Crippen LogP contribution in [0.15, 0.2) is 33.1 Å². The number of aromatic carboxylic acids is 2. The van der Waals surface area contributed by atoms with Crippen molar-refractivity contribution in [1.82, 2.24) is 39.6 Å². The second-order valence-electron chi connectivity index (χ2n) is 16.4. The fraction of sp³-hybridized carbons (Fsp3) is 0.400. The van der Waals surface area contributed by atoms with E-state index in [1.165, 1.54) is 23.6 Å². The van der Waals surface area contributed by atoms with Crippen LogP contribution in [0.25, 0.3) is 22.6 Å². The van der Waals surface area contributed by atoms with Crippen LogP contribution in [0.5, 0.6) is 0 Å². The molecular formula is C45H51Cl2N9O14. The number of pyridine rings is 2. The Labute approximate surface area is 409 Å². The number of aliphatic carboxylic acids is 4. The van der Waals surface area contributed by atoms with Crippen molar-refractivity contribution in [2.45, 2.75) is 79.6 Å². The molecule has 0 aliphatic carbocycles. The fourth-order valence-electron chi connectivity index (χ4n) is 8.02. The molecule has 0 atom stereocenters. The van der Waals surface area contributed by atoms with Gasteiger partial charge in [-0.05, 0) is 94.5 Å². The molecule has 0 aromatic carbocycles. The van der Waals surface area contributed by atoms with Crippen LogP contribution in [0.4, 0.5) is 5.95 Å². The van der Waals surface area contributed by atoms with E-state index >= 15 is 0 Å². The van der Waals surface area contributed by atoms with Gasteiger partial charge in [-0.3, -0.25) is 43.8 Å². The zero-order chi connectivity index (χ0) is 51.4. The van der Waals surface area contributed by atoms with Crippen LogP contribution in [0.1, 0.15) is 91.8 Å². The maximum atomic E-state index is 12.2. The van der Waals surface area contributed by atoms with E-state index in [9.17, 15) is 59.4 Å². The van der Waals surface area contributed by atoms with E-state index in [2.05, 4.69) is 20.3 Å². The van der Waals surface area contributed by atoms with E-state index in [4.69, 9.17) is 42.0 Å². The summed E-state index contributed by atoms with van der Waals surface area (Å²) in [6.45, 7) is 4.28. The van der Waals surface area contributed by atoms with E-state index in [1.807, 2.05) is 4.90 Å². The van der Waals surface area contributed by atoms with Gasteiger partial charge in [-0.2, -0.15) is 15.0 Å². The summed E-state index contributed by atoms with van der Waals surface area (Å²) >= 11 is 11.8. The number of halogens is 2. The van der Waals surface area contributed by atoms with Gasteiger partial charge in [0, 0.05) is 55.0 Å². The van der Waals surface area contributed by atoms with Crippen molar-refractivity contribution in [3.63, 3.8) is 0 Å². The lowest BCUT2D eigenvalue weighted by molar-refractivity contribution is -0.144. The molecular weight excluding hydrogens is 961 g/mol. The Morgan fingerprint density at radius 1 is 0.514 bits per heavy atom. The molecule has 7 N–H and O–H groups in total. The van der Waals surface area contributed by atoms with Gasteiger partial charge in [-0.1, -0.05) is 12.8 Å². The Bertz CT molecular complexity index is 2560. The number of aryl methyl sites for hydroxylation is 2. The third kappa shape index (κ3) is 15.5. The highest BCUT2D eigenvalue weighted by atomic mass is 35.5. The third-order valence-electron chi connectivity index (χ3n) is 10.7. The summed E-state index contributed by atoms with van der Waals surface area (Å²) in [5.41, 5.74) is 2.64. The number of nitrogens with one attached hydrogen (secondary N) is 1. The SMILES string of the molecule is Cc1oc(-c2cc(CN(CC(=O)O)CC(=O)O)nc(CN(CCCCCCNc3nc(Cl)nc(Cl)n3)Cc3cc(-c4oc(C)c(C(=O)O)c4C)cc(CN(CC(=O)O)CC(=O)O)n3)c2)c(C)c1C(=O)O. The second-order valence-corrected chi connectivity index (χ2v) is 17.1. The number of anilines is 1. The van der Waals surface area contributed by atoms with Crippen molar-refractivity contribution >= 4 is 65.0 Å². The lowest BCUT2D eigenvalue weighted by Gasteiger charge is -2.24. The monoisotopic (exact) mass is 1010 g/mol. The standard InChI is InChI=1S/C45H51Cl2N9O14/c1-23-37(41(65)66)25(3)69-39(23)27-11-29(49-31(13-27)17-55(19-33(57)58)20-34(59)60)15-54(10-8-6-5-7-9-48-45-52-43(46)51-44(47)53-45)16-30-12-28(40-24(2)38(42(67)68)26(4)70-40)14-32(50-30)18-56(21-35(61)62)22-36(63)64/h11-14H,5-10,15-22H2,1-4H3,(H,57,58)(H,59,60)(H,61,62)(H,63,64)(H,65,66)(H,67,68)(H,48,51,52,53). The van der Waals surface area contributed by atoms with Gasteiger partial charge in [0.15, 0.2) is 0 Å². The molecule has 0 aliphatic rings. The number of carboxylic acids is 6. The highest BCUT2D eigenvalue weighted by molar-refractivity contribution is 6.31. The molecule has 0 amide bonds. The number of rotatable bonds is 28. The van der Waals surface area contributed by atoms with Gasteiger partial charge in [0.05, 0.1) is 49.0 Å². The zero-order valence-corrected chi connectivity index (χ0v) is 40.0. The Morgan fingerprint density at radius 2 is 0.871 bits per heavy atom. The topological polar surface area (TPSA) is 336 Å².